The number of carbonyl (C=O) groups excluding carboxylic acids is 1. The zero-order valence-electron chi connectivity index (χ0n) is 15.0. The molecule has 1 aromatic heterocycles. The molecule has 4 heteroatoms. The molecule has 0 radical (unpaired) electrons. The number of aromatic nitrogens is 1. The highest BCUT2D eigenvalue weighted by Gasteiger charge is 2.21. The van der Waals surface area contributed by atoms with Gasteiger partial charge in [0.05, 0.1) is 6.42 Å². The molecule has 0 bridgehead atoms. The van der Waals surface area contributed by atoms with E-state index in [1.165, 1.54) is 5.56 Å². The number of nitrogens with zero attached hydrogens (tertiary/aromatic N) is 2. The molecule has 0 aliphatic carbocycles. The van der Waals surface area contributed by atoms with Crippen molar-refractivity contribution in [3.8, 4) is 0 Å². The summed E-state index contributed by atoms with van der Waals surface area (Å²) in [7, 11) is 0. The van der Waals surface area contributed by atoms with Gasteiger partial charge in [0, 0.05) is 49.8 Å². The molecule has 3 aromatic rings. The number of para-hydroxylation sites is 1. The topological polar surface area (TPSA) is 39.3 Å². The summed E-state index contributed by atoms with van der Waals surface area (Å²) in [6.07, 6.45) is 3.52. The zero-order chi connectivity index (χ0) is 17.8. The van der Waals surface area contributed by atoms with E-state index in [1.54, 1.807) is 0 Å². The Labute approximate surface area is 154 Å². The van der Waals surface area contributed by atoms with Crippen LogP contribution >= 0.6 is 0 Å². The number of nitrogens with one attached hydrogen (secondary N) is 1. The molecule has 1 fully saturated rings. The third kappa shape index (κ3) is 3.81. The first-order valence-corrected chi connectivity index (χ1v) is 9.38. The number of benzene rings is 2. The molecular formula is C22H25N3O. The van der Waals surface area contributed by atoms with Gasteiger partial charge in [0.25, 0.3) is 0 Å². The smallest absolute Gasteiger partial charge is 0.227 e. The number of H-pyrrole nitrogens is 1. The molecule has 0 unspecified atom stereocenters. The second-order valence-electron chi connectivity index (χ2n) is 6.99. The fourth-order valence-electron chi connectivity index (χ4n) is 3.71. The number of amides is 1. The van der Waals surface area contributed by atoms with Crippen molar-refractivity contribution in [3.63, 3.8) is 0 Å². The Morgan fingerprint density at radius 3 is 2.46 bits per heavy atom. The van der Waals surface area contributed by atoms with Crippen molar-refractivity contribution in [1.82, 2.24) is 14.8 Å². The lowest BCUT2D eigenvalue weighted by Gasteiger charge is -2.34. The molecule has 1 aliphatic rings. The second-order valence-corrected chi connectivity index (χ2v) is 6.99. The molecule has 134 valence electrons. The van der Waals surface area contributed by atoms with Crippen LogP contribution in [0.25, 0.3) is 10.9 Å². The predicted molar refractivity (Wildman–Crippen MR) is 105 cm³/mol. The van der Waals surface area contributed by atoms with E-state index < -0.39 is 0 Å². The Morgan fingerprint density at radius 1 is 0.923 bits per heavy atom. The van der Waals surface area contributed by atoms with E-state index in [2.05, 4.69) is 52.3 Å². The maximum atomic E-state index is 12.7. The molecule has 1 N–H and O–H groups in total. The molecule has 0 saturated carbocycles. The van der Waals surface area contributed by atoms with Gasteiger partial charge in [-0.3, -0.25) is 9.69 Å². The maximum Gasteiger partial charge on any atom is 0.227 e. The summed E-state index contributed by atoms with van der Waals surface area (Å²) in [4.78, 5) is 20.4. The zero-order valence-corrected chi connectivity index (χ0v) is 15.0. The Hall–Kier alpha value is -2.59. The highest BCUT2D eigenvalue weighted by atomic mass is 16.2. The van der Waals surface area contributed by atoms with Crippen LogP contribution in [0.2, 0.25) is 0 Å². The van der Waals surface area contributed by atoms with Gasteiger partial charge in [0.1, 0.15) is 0 Å². The van der Waals surface area contributed by atoms with E-state index in [0.717, 1.165) is 55.6 Å². The summed E-state index contributed by atoms with van der Waals surface area (Å²) < 4.78 is 0. The molecule has 1 saturated heterocycles. The lowest BCUT2D eigenvalue weighted by atomic mass is 10.1. The van der Waals surface area contributed by atoms with Crippen molar-refractivity contribution in [2.24, 2.45) is 0 Å². The maximum absolute atomic E-state index is 12.7. The Bertz CT molecular complexity index is 863. The number of aromatic amines is 1. The molecule has 0 spiro atoms. The average molecular weight is 347 g/mol. The van der Waals surface area contributed by atoms with Crippen LogP contribution < -0.4 is 0 Å². The number of hydrogen-bond donors (Lipinski definition) is 1. The molecular weight excluding hydrogens is 322 g/mol. The van der Waals surface area contributed by atoms with Crippen LogP contribution in [0.1, 0.15) is 11.1 Å². The van der Waals surface area contributed by atoms with Crippen LogP contribution in [0.15, 0.2) is 60.8 Å². The van der Waals surface area contributed by atoms with E-state index in [1.807, 2.05) is 23.2 Å². The highest BCUT2D eigenvalue weighted by Crippen LogP contribution is 2.19. The summed E-state index contributed by atoms with van der Waals surface area (Å²) >= 11 is 0. The van der Waals surface area contributed by atoms with Crippen LogP contribution in [0.4, 0.5) is 0 Å². The Balaban J connectivity index is 1.28. The van der Waals surface area contributed by atoms with Crippen molar-refractivity contribution in [3.05, 3.63) is 71.9 Å². The molecule has 4 nitrogen and oxygen atoms in total. The molecule has 1 amide bonds. The van der Waals surface area contributed by atoms with Gasteiger partial charge in [0.2, 0.25) is 5.91 Å². The van der Waals surface area contributed by atoms with Crippen molar-refractivity contribution >= 4 is 16.8 Å². The van der Waals surface area contributed by atoms with Crippen LogP contribution in [0.3, 0.4) is 0 Å². The van der Waals surface area contributed by atoms with Gasteiger partial charge in [-0.15, -0.1) is 0 Å². The summed E-state index contributed by atoms with van der Waals surface area (Å²) in [5.74, 6) is 0.234. The van der Waals surface area contributed by atoms with Gasteiger partial charge in [-0.25, -0.2) is 0 Å². The van der Waals surface area contributed by atoms with E-state index in [0.29, 0.717) is 6.42 Å². The summed E-state index contributed by atoms with van der Waals surface area (Å²) in [5, 5.41) is 1.15. The monoisotopic (exact) mass is 347 g/mol. The third-order valence-electron chi connectivity index (χ3n) is 5.30. The number of fused-ring (bicyclic) bond motifs is 1. The minimum atomic E-state index is 0.234. The van der Waals surface area contributed by atoms with Gasteiger partial charge in [0.15, 0.2) is 0 Å². The first-order chi connectivity index (χ1) is 12.8. The van der Waals surface area contributed by atoms with Crippen LogP contribution in [0, 0.1) is 0 Å². The van der Waals surface area contributed by atoms with Gasteiger partial charge in [-0.05, 0) is 23.6 Å². The number of carbonyl (C=O) groups is 1. The molecule has 2 heterocycles. The normalized spacial score (nSPS) is 15.5. The predicted octanol–water partition coefficient (Wildman–Crippen LogP) is 3.10. The first-order valence-electron chi connectivity index (χ1n) is 9.38. The molecule has 26 heavy (non-hydrogen) atoms. The largest absolute Gasteiger partial charge is 0.361 e. The quantitative estimate of drug-likeness (QED) is 0.770. The van der Waals surface area contributed by atoms with E-state index in [-0.39, 0.29) is 5.91 Å². The summed E-state index contributed by atoms with van der Waals surface area (Å²) in [6, 6.07) is 18.8. The second kappa shape index (κ2) is 7.75. The minimum absolute atomic E-state index is 0.234. The number of piperazine rings is 1. The standard InChI is InChI=1S/C22H25N3O/c26-22(16-19-17-23-21-9-5-4-8-20(19)21)25-14-12-24(13-15-25)11-10-18-6-2-1-3-7-18/h1-9,17,23H,10-16H2. The van der Waals surface area contributed by atoms with Gasteiger partial charge < -0.3 is 9.88 Å². The lowest BCUT2D eigenvalue weighted by Crippen LogP contribution is -2.49. The Morgan fingerprint density at radius 2 is 1.65 bits per heavy atom. The van der Waals surface area contributed by atoms with Crippen LogP contribution in [-0.4, -0.2) is 53.4 Å². The Kier molecular flexibility index (Phi) is 5.02. The molecule has 4 rings (SSSR count). The van der Waals surface area contributed by atoms with Crippen molar-refractivity contribution < 1.29 is 4.79 Å². The molecule has 0 atom stereocenters. The van der Waals surface area contributed by atoms with Gasteiger partial charge >= 0.3 is 0 Å². The van der Waals surface area contributed by atoms with Gasteiger partial charge in [-0.1, -0.05) is 48.5 Å². The fourth-order valence-corrected chi connectivity index (χ4v) is 3.71. The average Bonchev–Trinajstić information content (AvgIpc) is 3.10. The van der Waals surface area contributed by atoms with E-state index in [4.69, 9.17) is 0 Å². The van der Waals surface area contributed by atoms with E-state index >= 15 is 0 Å². The van der Waals surface area contributed by atoms with Gasteiger partial charge in [-0.2, -0.15) is 0 Å². The van der Waals surface area contributed by atoms with Crippen molar-refractivity contribution in [1.29, 1.82) is 0 Å². The number of hydrogen-bond acceptors (Lipinski definition) is 2. The lowest BCUT2D eigenvalue weighted by molar-refractivity contribution is -0.132. The van der Waals surface area contributed by atoms with E-state index in [9.17, 15) is 4.79 Å². The highest BCUT2D eigenvalue weighted by molar-refractivity contribution is 5.88. The number of rotatable bonds is 5. The summed E-state index contributed by atoms with van der Waals surface area (Å²) in [5.41, 5.74) is 3.57. The SMILES string of the molecule is O=C(Cc1c[nH]c2ccccc12)N1CCN(CCc2ccccc2)CC1. The fraction of sp³-hybridized carbons (Fsp3) is 0.318. The van der Waals surface area contributed by atoms with Crippen LogP contribution in [0.5, 0.6) is 0 Å². The van der Waals surface area contributed by atoms with Crippen molar-refractivity contribution in [2.45, 2.75) is 12.8 Å². The molecule has 1 aliphatic heterocycles. The minimum Gasteiger partial charge on any atom is -0.361 e. The van der Waals surface area contributed by atoms with Crippen LogP contribution in [-0.2, 0) is 17.6 Å². The molecule has 2 aromatic carbocycles. The van der Waals surface area contributed by atoms with Crippen molar-refractivity contribution in [2.75, 3.05) is 32.7 Å². The first kappa shape index (κ1) is 16.9. The summed E-state index contributed by atoms with van der Waals surface area (Å²) in [6.45, 7) is 4.65. The third-order valence-corrected chi connectivity index (χ3v) is 5.30.